The molecule has 0 radical (unpaired) electrons. The van der Waals surface area contributed by atoms with Gasteiger partial charge in [0.1, 0.15) is 11.5 Å². The molecule has 0 aliphatic heterocycles. The maximum absolute atomic E-state index is 6.09. The van der Waals surface area contributed by atoms with Crippen molar-refractivity contribution in [1.29, 1.82) is 0 Å². The number of para-hydroxylation sites is 1. The average Bonchev–Trinajstić information content (AvgIpc) is 2.51. The molecule has 2 aromatic rings. The monoisotopic (exact) mass is 282 g/mol. The van der Waals surface area contributed by atoms with E-state index in [1.165, 1.54) is 0 Å². The maximum atomic E-state index is 6.09. The molecule has 3 nitrogen and oxygen atoms in total. The van der Waals surface area contributed by atoms with Crippen LogP contribution in [0.25, 0.3) is 6.08 Å². The van der Waals surface area contributed by atoms with Crippen LogP contribution >= 0.6 is 0 Å². The second-order valence-electron chi connectivity index (χ2n) is 4.80. The van der Waals surface area contributed by atoms with Crippen LogP contribution in [0.2, 0.25) is 0 Å². The summed E-state index contributed by atoms with van der Waals surface area (Å²) in [7, 11) is 0. The van der Waals surface area contributed by atoms with Crippen LogP contribution in [-0.4, -0.2) is 11.5 Å². The zero-order valence-corrected chi connectivity index (χ0v) is 12.7. The Morgan fingerprint density at radius 1 is 1.19 bits per heavy atom. The number of benzene rings is 1. The normalized spacial score (nSPS) is 11.0. The standard InChI is InChI=1S/C18H22N2O/c1-3-7-15-8-5-6-9-17(15)21-18-10-12-20-14-16(18)13-19-11-4-2/h3,5-10,12,14,19H,4,11,13H2,1-2H3/b7-3+. The van der Waals surface area contributed by atoms with Crippen molar-refractivity contribution < 1.29 is 4.74 Å². The van der Waals surface area contributed by atoms with Crippen LogP contribution in [-0.2, 0) is 6.54 Å². The summed E-state index contributed by atoms with van der Waals surface area (Å²) >= 11 is 0. The van der Waals surface area contributed by atoms with E-state index in [0.717, 1.165) is 42.1 Å². The number of hydrogen-bond acceptors (Lipinski definition) is 3. The molecule has 0 aliphatic rings. The molecule has 0 aliphatic carbocycles. The SMILES string of the molecule is C/C=C/c1ccccc1Oc1ccncc1CNCCC. The van der Waals surface area contributed by atoms with Gasteiger partial charge in [-0.1, -0.05) is 37.3 Å². The van der Waals surface area contributed by atoms with E-state index in [0.29, 0.717) is 0 Å². The molecule has 0 saturated carbocycles. The van der Waals surface area contributed by atoms with Crippen molar-refractivity contribution >= 4 is 6.08 Å². The fourth-order valence-corrected chi connectivity index (χ4v) is 2.06. The van der Waals surface area contributed by atoms with E-state index < -0.39 is 0 Å². The van der Waals surface area contributed by atoms with Crippen LogP contribution in [0.4, 0.5) is 0 Å². The van der Waals surface area contributed by atoms with Crippen LogP contribution in [0.5, 0.6) is 11.5 Å². The third kappa shape index (κ3) is 4.43. The minimum Gasteiger partial charge on any atom is -0.456 e. The lowest BCUT2D eigenvalue weighted by Crippen LogP contribution is -2.14. The summed E-state index contributed by atoms with van der Waals surface area (Å²) in [5.41, 5.74) is 2.14. The summed E-state index contributed by atoms with van der Waals surface area (Å²) in [6, 6.07) is 9.94. The molecule has 2 rings (SSSR count). The molecular weight excluding hydrogens is 260 g/mol. The van der Waals surface area contributed by atoms with Crippen LogP contribution in [0, 0.1) is 0 Å². The Morgan fingerprint density at radius 2 is 2.05 bits per heavy atom. The zero-order valence-electron chi connectivity index (χ0n) is 12.7. The van der Waals surface area contributed by atoms with E-state index in [2.05, 4.69) is 17.2 Å². The number of ether oxygens (including phenoxy) is 1. The predicted octanol–water partition coefficient (Wildman–Crippen LogP) is 4.41. The van der Waals surface area contributed by atoms with Crippen molar-refractivity contribution in [1.82, 2.24) is 10.3 Å². The molecule has 0 unspecified atom stereocenters. The Kier molecular flexibility index (Phi) is 5.98. The summed E-state index contributed by atoms with van der Waals surface area (Å²) in [6.45, 7) is 5.91. The minimum atomic E-state index is 0.767. The van der Waals surface area contributed by atoms with Crippen LogP contribution < -0.4 is 10.1 Å². The largest absolute Gasteiger partial charge is 0.456 e. The summed E-state index contributed by atoms with van der Waals surface area (Å²) in [6.07, 6.45) is 8.79. The molecule has 110 valence electrons. The first-order chi connectivity index (χ1) is 10.3. The molecule has 0 saturated heterocycles. The van der Waals surface area contributed by atoms with Gasteiger partial charge in [0.25, 0.3) is 0 Å². The van der Waals surface area contributed by atoms with Gasteiger partial charge in [0.05, 0.1) is 0 Å². The Labute approximate surface area is 126 Å². The Morgan fingerprint density at radius 3 is 2.86 bits per heavy atom. The van der Waals surface area contributed by atoms with Gasteiger partial charge in [-0.2, -0.15) is 0 Å². The highest BCUT2D eigenvalue weighted by Gasteiger charge is 2.06. The second-order valence-corrected chi connectivity index (χ2v) is 4.80. The van der Waals surface area contributed by atoms with Gasteiger partial charge in [0.2, 0.25) is 0 Å². The van der Waals surface area contributed by atoms with Crippen LogP contribution in [0.15, 0.2) is 48.8 Å². The highest BCUT2D eigenvalue weighted by atomic mass is 16.5. The van der Waals surface area contributed by atoms with Gasteiger partial charge in [0, 0.05) is 30.1 Å². The third-order valence-electron chi connectivity index (χ3n) is 3.09. The van der Waals surface area contributed by atoms with E-state index in [9.17, 15) is 0 Å². The van der Waals surface area contributed by atoms with E-state index in [1.807, 2.05) is 55.6 Å². The minimum absolute atomic E-state index is 0.767. The average molecular weight is 282 g/mol. The van der Waals surface area contributed by atoms with Crippen molar-refractivity contribution in [2.24, 2.45) is 0 Å². The molecule has 0 amide bonds. The van der Waals surface area contributed by atoms with Gasteiger partial charge in [-0.25, -0.2) is 0 Å². The first-order valence-electron chi connectivity index (χ1n) is 7.38. The van der Waals surface area contributed by atoms with Crippen molar-refractivity contribution in [2.75, 3.05) is 6.54 Å². The molecule has 1 heterocycles. The predicted molar refractivity (Wildman–Crippen MR) is 87.5 cm³/mol. The lowest BCUT2D eigenvalue weighted by molar-refractivity contribution is 0.470. The van der Waals surface area contributed by atoms with Gasteiger partial charge in [-0.3, -0.25) is 4.98 Å². The molecular formula is C18H22N2O. The molecule has 0 fully saturated rings. The fraction of sp³-hybridized carbons (Fsp3) is 0.278. The van der Waals surface area contributed by atoms with E-state index in [1.54, 1.807) is 6.20 Å². The molecule has 1 N–H and O–H groups in total. The van der Waals surface area contributed by atoms with Crippen molar-refractivity contribution in [2.45, 2.75) is 26.8 Å². The number of nitrogens with zero attached hydrogens (tertiary/aromatic N) is 1. The highest BCUT2D eigenvalue weighted by Crippen LogP contribution is 2.28. The first-order valence-corrected chi connectivity index (χ1v) is 7.38. The Bertz CT molecular complexity index is 593. The number of rotatable bonds is 7. The van der Waals surface area contributed by atoms with Crippen molar-refractivity contribution in [3.8, 4) is 11.5 Å². The summed E-state index contributed by atoms with van der Waals surface area (Å²) in [5, 5.41) is 3.38. The molecule has 1 aromatic carbocycles. The zero-order chi connectivity index (χ0) is 14.9. The Hall–Kier alpha value is -2.13. The fourth-order valence-electron chi connectivity index (χ4n) is 2.06. The summed E-state index contributed by atoms with van der Waals surface area (Å²) in [5.74, 6) is 1.71. The number of nitrogens with one attached hydrogen (secondary N) is 1. The molecule has 3 heteroatoms. The molecule has 21 heavy (non-hydrogen) atoms. The van der Waals surface area contributed by atoms with E-state index >= 15 is 0 Å². The highest BCUT2D eigenvalue weighted by molar-refractivity contribution is 5.58. The lowest BCUT2D eigenvalue weighted by Gasteiger charge is -2.13. The quantitative estimate of drug-likeness (QED) is 0.764. The van der Waals surface area contributed by atoms with Gasteiger partial charge in [-0.05, 0) is 32.0 Å². The molecule has 0 spiro atoms. The number of hydrogen-bond donors (Lipinski definition) is 1. The lowest BCUT2D eigenvalue weighted by atomic mass is 10.2. The molecule has 1 aromatic heterocycles. The van der Waals surface area contributed by atoms with Crippen LogP contribution in [0.1, 0.15) is 31.4 Å². The van der Waals surface area contributed by atoms with Gasteiger partial charge >= 0.3 is 0 Å². The first kappa shape index (κ1) is 15.3. The number of pyridine rings is 1. The topological polar surface area (TPSA) is 34.1 Å². The molecule has 0 atom stereocenters. The van der Waals surface area contributed by atoms with Gasteiger partial charge in [0.15, 0.2) is 0 Å². The van der Waals surface area contributed by atoms with Gasteiger partial charge in [-0.15, -0.1) is 0 Å². The van der Waals surface area contributed by atoms with Crippen molar-refractivity contribution in [3.63, 3.8) is 0 Å². The number of allylic oxidation sites excluding steroid dienone is 1. The second kappa shape index (κ2) is 8.22. The summed E-state index contributed by atoms with van der Waals surface area (Å²) in [4.78, 5) is 4.19. The molecule has 0 bridgehead atoms. The summed E-state index contributed by atoms with van der Waals surface area (Å²) < 4.78 is 6.09. The van der Waals surface area contributed by atoms with Gasteiger partial charge < -0.3 is 10.1 Å². The maximum Gasteiger partial charge on any atom is 0.135 e. The van der Waals surface area contributed by atoms with Crippen LogP contribution in [0.3, 0.4) is 0 Å². The third-order valence-corrected chi connectivity index (χ3v) is 3.09. The smallest absolute Gasteiger partial charge is 0.135 e. The number of aromatic nitrogens is 1. The Balaban J connectivity index is 2.19. The van der Waals surface area contributed by atoms with E-state index in [-0.39, 0.29) is 0 Å². The van der Waals surface area contributed by atoms with E-state index in [4.69, 9.17) is 4.74 Å². The van der Waals surface area contributed by atoms with Crippen molar-refractivity contribution in [3.05, 3.63) is 59.9 Å².